The SMILES string of the molecule is NC(=O)CN(Cc1ccccc1)C(=O)Cc1c(C(F)(F)F)ccc2[nH]c(=O)n(CCCOc3ccccc3)c12. The number of aromatic amines is 1. The molecule has 4 aromatic rings. The van der Waals surface area contributed by atoms with Crippen LogP contribution in [-0.4, -0.2) is 39.4 Å². The van der Waals surface area contributed by atoms with Gasteiger partial charge in [-0.1, -0.05) is 48.5 Å². The second kappa shape index (κ2) is 11.9. The first kappa shape index (κ1) is 27.5. The molecule has 11 heteroatoms. The molecule has 39 heavy (non-hydrogen) atoms. The molecule has 0 aliphatic rings. The minimum atomic E-state index is -4.79. The van der Waals surface area contributed by atoms with Crippen LogP contribution in [0.4, 0.5) is 13.2 Å². The van der Waals surface area contributed by atoms with Gasteiger partial charge < -0.3 is 20.4 Å². The monoisotopic (exact) mass is 540 g/mol. The predicted octanol–water partition coefficient (Wildman–Crippen LogP) is 3.87. The number of nitrogens with one attached hydrogen (secondary N) is 1. The van der Waals surface area contributed by atoms with Crippen LogP contribution in [0, 0.1) is 0 Å². The number of imidazole rings is 1. The van der Waals surface area contributed by atoms with Crippen molar-refractivity contribution in [3.05, 3.63) is 100.0 Å². The molecule has 0 saturated heterocycles. The number of primary amides is 1. The molecule has 0 aliphatic heterocycles. The summed E-state index contributed by atoms with van der Waals surface area (Å²) >= 11 is 0. The fourth-order valence-corrected chi connectivity index (χ4v) is 4.40. The maximum atomic E-state index is 14.1. The van der Waals surface area contributed by atoms with Gasteiger partial charge in [0.25, 0.3) is 0 Å². The summed E-state index contributed by atoms with van der Waals surface area (Å²) in [5.41, 5.74) is 4.18. The van der Waals surface area contributed by atoms with E-state index in [0.29, 0.717) is 17.7 Å². The number of H-pyrrole nitrogens is 1. The second-order valence-electron chi connectivity index (χ2n) is 8.96. The second-order valence-corrected chi connectivity index (χ2v) is 8.96. The van der Waals surface area contributed by atoms with Crippen LogP contribution in [0.3, 0.4) is 0 Å². The molecular formula is C28H27F3N4O4. The number of amides is 2. The lowest BCUT2D eigenvalue weighted by Crippen LogP contribution is -2.39. The number of carbonyl (C=O) groups excluding carboxylic acids is 2. The van der Waals surface area contributed by atoms with Crippen molar-refractivity contribution in [1.29, 1.82) is 0 Å². The Labute approximate surface area is 221 Å². The summed E-state index contributed by atoms with van der Waals surface area (Å²) in [6.45, 7) is -0.207. The van der Waals surface area contributed by atoms with E-state index in [1.807, 2.05) is 6.07 Å². The zero-order chi connectivity index (χ0) is 28.0. The molecule has 3 N–H and O–H groups in total. The number of nitrogens with zero attached hydrogens (tertiary/aromatic N) is 2. The highest BCUT2D eigenvalue weighted by molar-refractivity contribution is 5.90. The predicted molar refractivity (Wildman–Crippen MR) is 139 cm³/mol. The minimum absolute atomic E-state index is 0.0124. The van der Waals surface area contributed by atoms with Gasteiger partial charge in [-0.15, -0.1) is 0 Å². The highest BCUT2D eigenvalue weighted by atomic mass is 19.4. The number of aromatic nitrogens is 2. The van der Waals surface area contributed by atoms with Crippen molar-refractivity contribution >= 4 is 22.8 Å². The topological polar surface area (TPSA) is 110 Å². The lowest BCUT2D eigenvalue weighted by Gasteiger charge is -2.23. The van der Waals surface area contributed by atoms with E-state index in [1.54, 1.807) is 54.6 Å². The van der Waals surface area contributed by atoms with E-state index >= 15 is 0 Å². The number of halogens is 3. The van der Waals surface area contributed by atoms with Crippen LogP contribution in [0.5, 0.6) is 5.75 Å². The third-order valence-electron chi connectivity index (χ3n) is 6.13. The lowest BCUT2D eigenvalue weighted by molar-refractivity contribution is -0.139. The van der Waals surface area contributed by atoms with Gasteiger partial charge in [0.05, 0.1) is 36.2 Å². The molecule has 2 amide bonds. The summed E-state index contributed by atoms with van der Waals surface area (Å²) < 4.78 is 49.1. The van der Waals surface area contributed by atoms with E-state index in [-0.39, 0.29) is 36.3 Å². The van der Waals surface area contributed by atoms with Gasteiger partial charge in [-0.3, -0.25) is 14.2 Å². The quantitative estimate of drug-likeness (QED) is 0.282. The number of fused-ring (bicyclic) bond motifs is 1. The Bertz CT molecular complexity index is 1500. The molecule has 0 unspecified atom stereocenters. The average Bonchev–Trinajstić information content (AvgIpc) is 3.22. The van der Waals surface area contributed by atoms with Crippen LogP contribution in [0.25, 0.3) is 11.0 Å². The molecule has 3 aromatic carbocycles. The third-order valence-corrected chi connectivity index (χ3v) is 6.13. The van der Waals surface area contributed by atoms with Crippen molar-refractivity contribution in [2.75, 3.05) is 13.2 Å². The zero-order valence-corrected chi connectivity index (χ0v) is 20.9. The number of rotatable bonds is 11. The number of ether oxygens (including phenoxy) is 1. The number of carbonyl (C=O) groups is 2. The standard InChI is InChI=1S/C28H27F3N4O4/c29-28(30,31)22-12-13-23-26(35(27(38)33-23)14-7-15-39-20-10-5-2-6-11-20)21(22)16-25(37)34(18-24(32)36)17-19-8-3-1-4-9-19/h1-6,8-13H,7,14-18H2,(H2,32,36)(H,33,38). The number of hydrogen-bond donors (Lipinski definition) is 2. The summed E-state index contributed by atoms with van der Waals surface area (Å²) in [5, 5.41) is 0. The minimum Gasteiger partial charge on any atom is -0.494 e. The number of aryl methyl sites for hydroxylation is 1. The maximum absolute atomic E-state index is 14.1. The molecule has 8 nitrogen and oxygen atoms in total. The number of nitrogens with two attached hydrogens (primary N) is 1. The molecular weight excluding hydrogens is 513 g/mol. The Balaban J connectivity index is 1.66. The van der Waals surface area contributed by atoms with Crippen molar-refractivity contribution in [3.8, 4) is 5.75 Å². The van der Waals surface area contributed by atoms with Gasteiger partial charge in [-0.25, -0.2) is 4.79 Å². The first-order valence-electron chi connectivity index (χ1n) is 12.2. The Hall–Kier alpha value is -4.54. The van der Waals surface area contributed by atoms with E-state index in [2.05, 4.69) is 4.98 Å². The zero-order valence-electron chi connectivity index (χ0n) is 20.9. The van der Waals surface area contributed by atoms with E-state index in [1.165, 1.54) is 10.6 Å². The summed E-state index contributed by atoms with van der Waals surface area (Å²) in [7, 11) is 0. The summed E-state index contributed by atoms with van der Waals surface area (Å²) in [6, 6.07) is 19.7. The number of benzene rings is 3. The first-order chi connectivity index (χ1) is 18.6. The summed E-state index contributed by atoms with van der Waals surface area (Å²) in [4.78, 5) is 41.5. The van der Waals surface area contributed by atoms with Gasteiger partial charge in [-0.05, 0) is 41.8 Å². The van der Waals surface area contributed by atoms with E-state index in [4.69, 9.17) is 10.5 Å². The van der Waals surface area contributed by atoms with Gasteiger partial charge >= 0.3 is 11.9 Å². The average molecular weight is 541 g/mol. The van der Waals surface area contributed by atoms with Crippen molar-refractivity contribution in [1.82, 2.24) is 14.5 Å². The first-order valence-corrected chi connectivity index (χ1v) is 12.2. The number of hydrogen-bond acceptors (Lipinski definition) is 4. The maximum Gasteiger partial charge on any atom is 0.416 e. The number of alkyl halides is 3. The molecule has 0 radical (unpaired) electrons. The Morgan fingerprint density at radius 2 is 1.64 bits per heavy atom. The molecule has 1 heterocycles. The highest BCUT2D eigenvalue weighted by Crippen LogP contribution is 2.35. The largest absolute Gasteiger partial charge is 0.494 e. The smallest absolute Gasteiger partial charge is 0.416 e. The lowest BCUT2D eigenvalue weighted by atomic mass is 10.0. The van der Waals surface area contributed by atoms with Crippen molar-refractivity contribution < 1.29 is 27.5 Å². The Morgan fingerprint density at radius 1 is 0.974 bits per heavy atom. The molecule has 0 bridgehead atoms. The molecule has 0 saturated carbocycles. The highest BCUT2D eigenvalue weighted by Gasteiger charge is 2.36. The molecule has 1 aromatic heterocycles. The van der Waals surface area contributed by atoms with Crippen molar-refractivity contribution in [2.24, 2.45) is 5.73 Å². The van der Waals surface area contributed by atoms with Crippen LogP contribution in [0.2, 0.25) is 0 Å². The van der Waals surface area contributed by atoms with E-state index in [9.17, 15) is 27.6 Å². The van der Waals surface area contributed by atoms with Crippen LogP contribution >= 0.6 is 0 Å². The molecule has 0 spiro atoms. The summed E-state index contributed by atoms with van der Waals surface area (Å²) in [5.74, 6) is -0.906. The van der Waals surface area contributed by atoms with Crippen LogP contribution in [0.1, 0.15) is 23.1 Å². The normalized spacial score (nSPS) is 11.5. The van der Waals surface area contributed by atoms with E-state index < -0.39 is 42.2 Å². The van der Waals surface area contributed by atoms with Gasteiger partial charge in [-0.2, -0.15) is 13.2 Å². The molecule has 0 aliphatic carbocycles. The van der Waals surface area contributed by atoms with Crippen molar-refractivity contribution in [2.45, 2.75) is 32.1 Å². The van der Waals surface area contributed by atoms with Crippen LogP contribution < -0.4 is 16.2 Å². The van der Waals surface area contributed by atoms with Gasteiger partial charge in [0.1, 0.15) is 5.75 Å². The molecule has 204 valence electrons. The molecule has 0 atom stereocenters. The van der Waals surface area contributed by atoms with Crippen molar-refractivity contribution in [3.63, 3.8) is 0 Å². The summed E-state index contributed by atoms with van der Waals surface area (Å²) in [6.07, 6.45) is -5.15. The molecule has 0 fully saturated rings. The van der Waals surface area contributed by atoms with Gasteiger partial charge in [0.2, 0.25) is 11.8 Å². The Morgan fingerprint density at radius 3 is 2.28 bits per heavy atom. The fraction of sp³-hybridized carbons (Fsp3) is 0.250. The van der Waals surface area contributed by atoms with E-state index in [0.717, 1.165) is 11.0 Å². The number of para-hydroxylation sites is 1. The van der Waals surface area contributed by atoms with Crippen LogP contribution in [0.15, 0.2) is 77.6 Å². The fourth-order valence-electron chi connectivity index (χ4n) is 4.40. The van der Waals surface area contributed by atoms with Gasteiger partial charge in [0.15, 0.2) is 0 Å². The van der Waals surface area contributed by atoms with Crippen LogP contribution in [-0.2, 0) is 35.3 Å². The van der Waals surface area contributed by atoms with Gasteiger partial charge in [0, 0.05) is 13.1 Å². The third kappa shape index (κ3) is 6.86. The Kier molecular flexibility index (Phi) is 8.38. The molecule has 4 rings (SSSR count).